The monoisotopic (exact) mass is 356 g/mol. The quantitative estimate of drug-likeness (QED) is 0.755. The molecule has 4 N–H and O–H groups in total. The Morgan fingerprint density at radius 1 is 1.15 bits per heavy atom. The van der Waals surface area contributed by atoms with Crippen LogP contribution in [-0.4, -0.2) is 37.0 Å². The lowest BCUT2D eigenvalue weighted by Crippen LogP contribution is -2.39. The zero-order valence-electron chi connectivity index (χ0n) is 15.2. The van der Waals surface area contributed by atoms with Crippen LogP contribution in [0.1, 0.15) is 55.3 Å². The molecule has 0 aliphatic carbocycles. The summed E-state index contributed by atoms with van der Waals surface area (Å²) in [5.74, 6) is 0.0186. The number of piperidine rings is 1. The maximum Gasteiger partial charge on any atom is 0.248 e. The fraction of sp³-hybridized carbons (Fsp3) is 0.600. The third-order valence-corrected chi connectivity index (χ3v) is 6.05. The molecule has 0 saturated carbocycles. The van der Waals surface area contributed by atoms with E-state index in [1.165, 1.54) is 12.8 Å². The maximum absolute atomic E-state index is 12.7. The molecule has 0 spiro atoms. The number of hydrogen-bond donors (Lipinski definition) is 3. The Morgan fingerprint density at radius 3 is 2.50 bits per heavy atom. The van der Waals surface area contributed by atoms with Gasteiger partial charge in [0.25, 0.3) is 0 Å². The van der Waals surface area contributed by atoms with E-state index >= 15 is 0 Å². The molecule has 2 unspecified atom stereocenters. The first kappa shape index (κ1) is 17.3. The highest BCUT2D eigenvalue weighted by Crippen LogP contribution is 2.34. The van der Waals surface area contributed by atoms with Gasteiger partial charge in [-0.15, -0.1) is 0 Å². The zero-order chi connectivity index (χ0) is 18.1. The van der Waals surface area contributed by atoms with Crippen LogP contribution in [0, 0.1) is 5.92 Å². The number of carbonyl (C=O) groups is 2. The van der Waals surface area contributed by atoms with Gasteiger partial charge in [0.2, 0.25) is 11.8 Å². The summed E-state index contributed by atoms with van der Waals surface area (Å²) in [5.41, 5.74) is 7.57. The molecule has 1 aromatic carbocycles. The van der Waals surface area contributed by atoms with Gasteiger partial charge in [-0.3, -0.25) is 9.59 Å². The molecule has 140 valence electrons. The second kappa shape index (κ2) is 7.27. The third kappa shape index (κ3) is 3.70. The van der Waals surface area contributed by atoms with Crippen LogP contribution in [0.15, 0.2) is 18.2 Å². The van der Waals surface area contributed by atoms with Gasteiger partial charge in [-0.2, -0.15) is 0 Å². The average molecular weight is 356 g/mol. The summed E-state index contributed by atoms with van der Waals surface area (Å²) in [5, 5.41) is 6.69. The molecule has 1 aromatic rings. The molecule has 3 aliphatic rings. The lowest BCUT2D eigenvalue weighted by molar-refractivity contribution is -0.117. The minimum Gasteiger partial charge on any atom is -0.370 e. The highest BCUT2D eigenvalue weighted by atomic mass is 16.2. The normalized spacial score (nSPS) is 27.5. The van der Waals surface area contributed by atoms with E-state index in [1.807, 2.05) is 6.07 Å². The van der Waals surface area contributed by atoms with Gasteiger partial charge in [-0.25, -0.2) is 0 Å². The number of hydrogen-bond acceptors (Lipinski definition) is 4. The van der Waals surface area contributed by atoms with E-state index in [2.05, 4.69) is 15.5 Å². The number of anilines is 2. The van der Waals surface area contributed by atoms with Gasteiger partial charge in [-0.1, -0.05) is 0 Å². The molecule has 3 saturated heterocycles. The van der Waals surface area contributed by atoms with E-state index in [9.17, 15) is 9.59 Å². The molecule has 6 nitrogen and oxygen atoms in total. The number of carbonyl (C=O) groups excluding carboxylic acids is 2. The van der Waals surface area contributed by atoms with Crippen LogP contribution in [0.5, 0.6) is 0 Å². The minimum absolute atomic E-state index is 0.0402. The lowest BCUT2D eigenvalue weighted by Gasteiger charge is -2.29. The van der Waals surface area contributed by atoms with Crippen molar-refractivity contribution in [1.82, 2.24) is 5.32 Å². The molecule has 4 rings (SSSR count). The van der Waals surface area contributed by atoms with Gasteiger partial charge in [0.1, 0.15) is 0 Å². The zero-order valence-corrected chi connectivity index (χ0v) is 15.2. The summed E-state index contributed by atoms with van der Waals surface area (Å²) in [6.45, 7) is 1.97. The van der Waals surface area contributed by atoms with Crippen molar-refractivity contribution in [3.05, 3.63) is 23.8 Å². The fourth-order valence-electron chi connectivity index (χ4n) is 4.83. The van der Waals surface area contributed by atoms with Crippen molar-refractivity contribution in [1.29, 1.82) is 0 Å². The predicted octanol–water partition coefficient (Wildman–Crippen LogP) is 2.24. The topological polar surface area (TPSA) is 87.5 Å². The van der Waals surface area contributed by atoms with Crippen molar-refractivity contribution in [2.24, 2.45) is 11.7 Å². The summed E-state index contributed by atoms with van der Waals surface area (Å²) in [7, 11) is 0. The van der Waals surface area contributed by atoms with Crippen LogP contribution < -0.4 is 21.3 Å². The smallest absolute Gasteiger partial charge is 0.248 e. The number of rotatable bonds is 5. The van der Waals surface area contributed by atoms with E-state index in [0.29, 0.717) is 35.7 Å². The minimum atomic E-state index is -0.469. The number of amides is 2. The molecule has 2 atom stereocenters. The lowest BCUT2D eigenvalue weighted by atomic mass is 9.89. The van der Waals surface area contributed by atoms with Gasteiger partial charge >= 0.3 is 0 Å². The SMILES string of the molecule is NC(=O)c1ccc(N2CCCC2)c(NC(=O)CC2CC3CCC(C2)N3)c1. The number of nitrogens with zero attached hydrogens (tertiary/aromatic N) is 1. The van der Waals surface area contributed by atoms with Crippen molar-refractivity contribution in [3.63, 3.8) is 0 Å². The van der Waals surface area contributed by atoms with E-state index in [4.69, 9.17) is 5.73 Å². The first-order valence-electron chi connectivity index (χ1n) is 9.83. The predicted molar refractivity (Wildman–Crippen MR) is 102 cm³/mol. The second-order valence-electron chi connectivity index (χ2n) is 8.02. The van der Waals surface area contributed by atoms with Crippen LogP contribution in [-0.2, 0) is 4.79 Å². The van der Waals surface area contributed by atoms with E-state index < -0.39 is 5.91 Å². The Morgan fingerprint density at radius 2 is 1.85 bits per heavy atom. The van der Waals surface area contributed by atoms with Crippen LogP contribution >= 0.6 is 0 Å². The molecule has 3 aliphatic heterocycles. The number of fused-ring (bicyclic) bond motifs is 2. The number of nitrogens with two attached hydrogens (primary N) is 1. The molecule has 3 heterocycles. The second-order valence-corrected chi connectivity index (χ2v) is 8.02. The number of benzene rings is 1. The van der Waals surface area contributed by atoms with Gasteiger partial charge in [0.05, 0.1) is 11.4 Å². The third-order valence-electron chi connectivity index (χ3n) is 6.05. The highest BCUT2D eigenvalue weighted by Gasteiger charge is 2.34. The van der Waals surface area contributed by atoms with Gasteiger partial charge in [0, 0.05) is 37.2 Å². The largest absolute Gasteiger partial charge is 0.370 e. The van der Waals surface area contributed by atoms with Crippen LogP contribution in [0.25, 0.3) is 0 Å². The van der Waals surface area contributed by atoms with Gasteiger partial charge in [-0.05, 0) is 62.6 Å². The first-order chi connectivity index (χ1) is 12.6. The summed E-state index contributed by atoms with van der Waals surface area (Å²) in [4.78, 5) is 26.5. The average Bonchev–Trinajstić information content (AvgIpc) is 3.24. The number of primary amides is 1. The maximum atomic E-state index is 12.7. The van der Waals surface area contributed by atoms with Crippen molar-refractivity contribution in [3.8, 4) is 0 Å². The van der Waals surface area contributed by atoms with E-state index in [0.717, 1.165) is 44.5 Å². The number of nitrogens with one attached hydrogen (secondary N) is 2. The highest BCUT2D eigenvalue weighted by molar-refractivity contribution is 5.99. The van der Waals surface area contributed by atoms with Crippen LogP contribution in [0.3, 0.4) is 0 Å². The Kier molecular flexibility index (Phi) is 4.85. The fourth-order valence-corrected chi connectivity index (χ4v) is 4.83. The summed E-state index contributed by atoms with van der Waals surface area (Å²) in [6, 6.07) is 6.55. The Hall–Kier alpha value is -2.08. The van der Waals surface area contributed by atoms with Crippen molar-refractivity contribution in [2.75, 3.05) is 23.3 Å². The molecule has 6 heteroatoms. The van der Waals surface area contributed by atoms with Crippen LogP contribution in [0.4, 0.5) is 11.4 Å². The van der Waals surface area contributed by atoms with Crippen LogP contribution in [0.2, 0.25) is 0 Å². The molecule has 26 heavy (non-hydrogen) atoms. The summed E-state index contributed by atoms with van der Waals surface area (Å²) < 4.78 is 0. The van der Waals surface area contributed by atoms with Gasteiger partial charge < -0.3 is 21.3 Å². The van der Waals surface area contributed by atoms with Crippen molar-refractivity contribution >= 4 is 23.2 Å². The molecule has 2 bridgehead atoms. The van der Waals surface area contributed by atoms with Gasteiger partial charge in [0.15, 0.2) is 0 Å². The van der Waals surface area contributed by atoms with Crippen molar-refractivity contribution in [2.45, 2.75) is 57.0 Å². The van der Waals surface area contributed by atoms with E-state index in [-0.39, 0.29) is 5.91 Å². The molecule has 0 aromatic heterocycles. The molecular weight excluding hydrogens is 328 g/mol. The standard InChI is InChI=1S/C20H28N4O2/c21-20(26)14-3-6-18(24-7-1-2-8-24)17(12-14)23-19(25)11-13-9-15-4-5-16(10-13)22-15/h3,6,12-13,15-16,22H,1-2,4-5,7-11H2,(H2,21,26)(H,23,25). The first-order valence-corrected chi connectivity index (χ1v) is 9.83. The molecular formula is C20H28N4O2. The van der Waals surface area contributed by atoms with E-state index in [1.54, 1.807) is 12.1 Å². The molecule has 3 fully saturated rings. The summed E-state index contributed by atoms with van der Waals surface area (Å²) >= 11 is 0. The van der Waals surface area contributed by atoms with Crippen molar-refractivity contribution < 1.29 is 9.59 Å². The molecule has 2 amide bonds. The molecule has 0 radical (unpaired) electrons. The Labute approximate surface area is 154 Å². The Bertz CT molecular complexity index is 687. The summed E-state index contributed by atoms with van der Waals surface area (Å²) in [6.07, 6.45) is 7.51. The Balaban J connectivity index is 1.47.